The van der Waals surface area contributed by atoms with E-state index in [1.807, 2.05) is 0 Å². The van der Waals surface area contributed by atoms with Crippen LogP contribution in [0.25, 0.3) is 0 Å². The second-order valence-electron chi connectivity index (χ2n) is 5.23. The largest absolute Gasteiger partial charge is 0.393 e. The van der Waals surface area contributed by atoms with Crippen LogP contribution in [0.4, 0.5) is 5.69 Å². The number of hydrogen-bond acceptors (Lipinski definition) is 3. The zero-order valence-electron chi connectivity index (χ0n) is 11.6. The van der Waals surface area contributed by atoms with Crippen molar-refractivity contribution < 1.29 is 14.7 Å². The van der Waals surface area contributed by atoms with Crippen molar-refractivity contribution in [1.29, 1.82) is 0 Å². The Balaban J connectivity index is 1.99. The minimum Gasteiger partial charge on any atom is -0.393 e. The first-order valence-corrected chi connectivity index (χ1v) is 6.94. The van der Waals surface area contributed by atoms with Gasteiger partial charge >= 0.3 is 0 Å². The van der Waals surface area contributed by atoms with E-state index in [9.17, 15) is 14.7 Å². The fourth-order valence-corrected chi connectivity index (χ4v) is 1.83. The summed E-state index contributed by atoms with van der Waals surface area (Å²) in [6.45, 7) is 1.64. The first-order chi connectivity index (χ1) is 9.56. The fraction of sp³-hybridized carbons (Fsp3) is 0.467. The first-order valence-electron chi connectivity index (χ1n) is 6.94. The van der Waals surface area contributed by atoms with E-state index in [1.54, 1.807) is 31.2 Å². The van der Waals surface area contributed by atoms with Crippen LogP contribution in [0.15, 0.2) is 24.3 Å². The number of benzene rings is 1. The summed E-state index contributed by atoms with van der Waals surface area (Å²) in [4.78, 5) is 23.8. The molecule has 0 saturated heterocycles. The molecule has 1 aromatic carbocycles. The number of carbonyl (C=O) groups is 2. The van der Waals surface area contributed by atoms with Crippen LogP contribution in [-0.4, -0.2) is 29.1 Å². The summed E-state index contributed by atoms with van der Waals surface area (Å²) in [5, 5.41) is 14.8. The molecule has 2 amide bonds. The van der Waals surface area contributed by atoms with Gasteiger partial charge in [-0.15, -0.1) is 0 Å². The van der Waals surface area contributed by atoms with Gasteiger partial charge in [0.1, 0.15) is 0 Å². The summed E-state index contributed by atoms with van der Waals surface area (Å²) in [5.41, 5.74) is 0.992. The lowest BCUT2D eigenvalue weighted by Gasteiger charge is -2.11. The van der Waals surface area contributed by atoms with Crippen molar-refractivity contribution in [1.82, 2.24) is 5.32 Å². The molecule has 1 fully saturated rings. The quantitative estimate of drug-likeness (QED) is 0.739. The highest BCUT2D eigenvalue weighted by Gasteiger charge is 2.24. The topological polar surface area (TPSA) is 78.4 Å². The number of amides is 2. The summed E-state index contributed by atoms with van der Waals surface area (Å²) in [7, 11) is 0. The Kier molecular flexibility index (Phi) is 4.74. The summed E-state index contributed by atoms with van der Waals surface area (Å²) in [6.07, 6.45) is 2.18. The van der Waals surface area contributed by atoms with Crippen LogP contribution in [0.1, 0.15) is 43.0 Å². The standard InChI is InChI=1S/C15H20N2O3/c1-10(18)6-9-14(19)17-13-5-3-2-4-12(13)15(20)16-11-7-8-11/h2-5,10-11,18H,6-9H2,1H3,(H,16,20)(H,17,19). The minimum atomic E-state index is -0.505. The Labute approximate surface area is 118 Å². The molecular weight excluding hydrogens is 256 g/mol. The van der Waals surface area contributed by atoms with Crippen molar-refractivity contribution in [3.8, 4) is 0 Å². The van der Waals surface area contributed by atoms with Crippen molar-refractivity contribution in [2.24, 2.45) is 0 Å². The molecule has 0 aliphatic heterocycles. The molecule has 0 radical (unpaired) electrons. The molecule has 2 rings (SSSR count). The molecule has 1 atom stereocenters. The number of aliphatic hydroxyl groups is 1. The molecule has 5 heteroatoms. The second-order valence-corrected chi connectivity index (χ2v) is 5.23. The van der Waals surface area contributed by atoms with Gasteiger partial charge in [0.15, 0.2) is 0 Å². The maximum atomic E-state index is 12.1. The third-order valence-corrected chi connectivity index (χ3v) is 3.15. The van der Waals surface area contributed by atoms with Crippen molar-refractivity contribution in [3.63, 3.8) is 0 Å². The van der Waals surface area contributed by atoms with Crippen LogP contribution in [0.5, 0.6) is 0 Å². The van der Waals surface area contributed by atoms with Crippen molar-refractivity contribution in [2.45, 2.75) is 44.8 Å². The van der Waals surface area contributed by atoms with E-state index in [4.69, 9.17) is 0 Å². The van der Waals surface area contributed by atoms with Crippen LogP contribution in [0.2, 0.25) is 0 Å². The van der Waals surface area contributed by atoms with Crippen LogP contribution >= 0.6 is 0 Å². The van der Waals surface area contributed by atoms with Gasteiger partial charge in [-0.2, -0.15) is 0 Å². The predicted molar refractivity (Wildman–Crippen MR) is 76.5 cm³/mol. The van der Waals surface area contributed by atoms with Gasteiger partial charge in [0.25, 0.3) is 5.91 Å². The molecule has 1 aliphatic rings. The third kappa shape index (κ3) is 4.35. The highest BCUT2D eigenvalue weighted by atomic mass is 16.3. The summed E-state index contributed by atoms with van der Waals surface area (Å²) < 4.78 is 0. The molecule has 0 heterocycles. The Bertz CT molecular complexity index is 496. The zero-order chi connectivity index (χ0) is 14.5. The lowest BCUT2D eigenvalue weighted by atomic mass is 10.1. The molecule has 3 N–H and O–H groups in total. The molecule has 0 aromatic heterocycles. The van der Waals surface area contributed by atoms with Crippen molar-refractivity contribution in [3.05, 3.63) is 29.8 Å². The minimum absolute atomic E-state index is 0.154. The van der Waals surface area contributed by atoms with Crippen LogP contribution in [0, 0.1) is 0 Å². The molecule has 1 aliphatic carbocycles. The maximum absolute atomic E-state index is 12.1. The number of aliphatic hydroxyl groups excluding tert-OH is 1. The second kappa shape index (κ2) is 6.52. The number of rotatable bonds is 6. The SMILES string of the molecule is CC(O)CCC(=O)Nc1ccccc1C(=O)NC1CC1. The summed E-state index contributed by atoms with van der Waals surface area (Å²) in [6, 6.07) is 7.23. The summed E-state index contributed by atoms with van der Waals surface area (Å²) >= 11 is 0. The summed E-state index contributed by atoms with van der Waals surface area (Å²) in [5.74, 6) is -0.350. The van der Waals surface area contributed by atoms with Gasteiger partial charge in [0.2, 0.25) is 5.91 Å². The average Bonchev–Trinajstić information content (AvgIpc) is 3.21. The van der Waals surface area contributed by atoms with E-state index in [2.05, 4.69) is 10.6 Å². The van der Waals surface area contributed by atoms with Crippen molar-refractivity contribution in [2.75, 3.05) is 5.32 Å². The van der Waals surface area contributed by atoms with Gasteiger partial charge in [-0.1, -0.05) is 12.1 Å². The lowest BCUT2D eigenvalue weighted by molar-refractivity contribution is -0.116. The van der Waals surface area contributed by atoms with Gasteiger partial charge in [0.05, 0.1) is 17.4 Å². The van der Waals surface area contributed by atoms with E-state index in [0.29, 0.717) is 17.7 Å². The number of nitrogens with one attached hydrogen (secondary N) is 2. The van der Waals surface area contributed by atoms with Crippen LogP contribution in [0.3, 0.4) is 0 Å². The van der Waals surface area contributed by atoms with E-state index >= 15 is 0 Å². The average molecular weight is 276 g/mol. The monoisotopic (exact) mass is 276 g/mol. The van der Waals surface area contributed by atoms with Gasteiger partial charge in [-0.3, -0.25) is 9.59 Å². The van der Waals surface area contributed by atoms with Crippen LogP contribution < -0.4 is 10.6 Å². The Morgan fingerprint density at radius 2 is 2.05 bits per heavy atom. The van der Waals surface area contributed by atoms with E-state index in [0.717, 1.165) is 12.8 Å². The van der Waals surface area contributed by atoms with Crippen LogP contribution in [-0.2, 0) is 4.79 Å². The predicted octanol–water partition coefficient (Wildman–Crippen LogP) is 1.68. The van der Waals surface area contributed by atoms with Gasteiger partial charge in [0, 0.05) is 12.5 Å². The number of anilines is 1. The van der Waals surface area contributed by atoms with Gasteiger partial charge in [-0.25, -0.2) is 0 Å². The molecule has 0 spiro atoms. The van der Waals surface area contributed by atoms with Crippen molar-refractivity contribution >= 4 is 17.5 Å². The highest BCUT2D eigenvalue weighted by Crippen LogP contribution is 2.21. The smallest absolute Gasteiger partial charge is 0.253 e. The molecule has 1 unspecified atom stereocenters. The molecule has 5 nitrogen and oxygen atoms in total. The molecular formula is C15H20N2O3. The lowest BCUT2D eigenvalue weighted by Crippen LogP contribution is -2.27. The Hall–Kier alpha value is -1.88. The number of hydrogen-bond donors (Lipinski definition) is 3. The molecule has 20 heavy (non-hydrogen) atoms. The normalized spacial score (nSPS) is 15.5. The third-order valence-electron chi connectivity index (χ3n) is 3.15. The Morgan fingerprint density at radius 1 is 1.35 bits per heavy atom. The molecule has 1 aromatic rings. The number of carbonyl (C=O) groups excluding carboxylic acids is 2. The Morgan fingerprint density at radius 3 is 2.70 bits per heavy atom. The molecule has 1 saturated carbocycles. The van der Waals surface area contributed by atoms with Gasteiger partial charge in [-0.05, 0) is 38.3 Å². The first kappa shape index (κ1) is 14.5. The number of para-hydroxylation sites is 1. The van der Waals surface area contributed by atoms with E-state index in [-0.39, 0.29) is 24.3 Å². The van der Waals surface area contributed by atoms with E-state index < -0.39 is 6.10 Å². The van der Waals surface area contributed by atoms with Gasteiger partial charge < -0.3 is 15.7 Å². The van der Waals surface area contributed by atoms with E-state index in [1.165, 1.54) is 0 Å². The molecule has 108 valence electrons. The maximum Gasteiger partial charge on any atom is 0.253 e. The highest BCUT2D eigenvalue weighted by molar-refractivity contribution is 6.03. The zero-order valence-corrected chi connectivity index (χ0v) is 11.6. The fourth-order valence-electron chi connectivity index (χ4n) is 1.83. The molecule has 0 bridgehead atoms.